The maximum atomic E-state index is 6.28. The minimum Gasteiger partial charge on any atom is -0.383 e. The summed E-state index contributed by atoms with van der Waals surface area (Å²) in [4.78, 5) is 18.4. The first kappa shape index (κ1) is 17.2. The standard InChI is InChI=1S/C21H25N7/c22-20-18-7-12-26(15-19(18)24-21(25-20)27-9-1-2-10-27)14-17-6-4-11-28(17)16-5-3-8-23-13-16/h3-6,8,11,13H,1-2,7,9-10,12,14-15H2,(H2,22,24,25). The summed E-state index contributed by atoms with van der Waals surface area (Å²) in [6, 6.07) is 8.31. The Bertz CT molecular complexity index is 960. The SMILES string of the molecule is Nc1nc(N2CCCC2)nc2c1CCN(Cc1cccn1-c1cccnc1)C2. The van der Waals surface area contributed by atoms with E-state index < -0.39 is 0 Å². The molecule has 7 nitrogen and oxygen atoms in total. The smallest absolute Gasteiger partial charge is 0.227 e. The highest BCUT2D eigenvalue weighted by Gasteiger charge is 2.24. The molecule has 0 bridgehead atoms. The van der Waals surface area contributed by atoms with Gasteiger partial charge in [-0.05, 0) is 43.5 Å². The lowest BCUT2D eigenvalue weighted by atomic mass is 10.1. The molecule has 3 aromatic heterocycles. The molecule has 0 aliphatic carbocycles. The molecule has 0 aromatic carbocycles. The molecule has 1 saturated heterocycles. The average molecular weight is 375 g/mol. The highest BCUT2D eigenvalue weighted by atomic mass is 15.3. The first-order valence-corrected chi connectivity index (χ1v) is 9.97. The van der Waals surface area contributed by atoms with Gasteiger partial charge in [0.05, 0.1) is 17.6 Å². The van der Waals surface area contributed by atoms with Crippen molar-refractivity contribution in [1.29, 1.82) is 0 Å². The fourth-order valence-corrected chi connectivity index (χ4v) is 4.22. The van der Waals surface area contributed by atoms with Crippen LogP contribution in [0.4, 0.5) is 11.8 Å². The molecule has 0 spiro atoms. The van der Waals surface area contributed by atoms with Gasteiger partial charge in [-0.2, -0.15) is 4.98 Å². The Morgan fingerprint density at radius 2 is 1.93 bits per heavy atom. The fraction of sp³-hybridized carbons (Fsp3) is 0.381. The number of hydrogen-bond acceptors (Lipinski definition) is 6. The monoisotopic (exact) mass is 375 g/mol. The second-order valence-electron chi connectivity index (χ2n) is 7.57. The van der Waals surface area contributed by atoms with Gasteiger partial charge in [-0.3, -0.25) is 9.88 Å². The van der Waals surface area contributed by atoms with E-state index in [1.807, 2.05) is 12.3 Å². The van der Waals surface area contributed by atoms with Crippen LogP contribution in [0.5, 0.6) is 0 Å². The molecule has 5 rings (SSSR count). The van der Waals surface area contributed by atoms with E-state index in [2.05, 4.69) is 48.7 Å². The first-order chi connectivity index (χ1) is 13.8. The highest BCUT2D eigenvalue weighted by Crippen LogP contribution is 2.27. The quantitative estimate of drug-likeness (QED) is 0.755. The second kappa shape index (κ2) is 7.24. The molecule has 0 unspecified atom stereocenters. The second-order valence-corrected chi connectivity index (χ2v) is 7.57. The predicted molar refractivity (Wildman–Crippen MR) is 109 cm³/mol. The Morgan fingerprint density at radius 3 is 2.75 bits per heavy atom. The first-order valence-electron chi connectivity index (χ1n) is 9.97. The zero-order valence-electron chi connectivity index (χ0n) is 16.0. The molecular formula is C21H25N7. The number of nitrogen functional groups attached to an aromatic ring is 1. The largest absolute Gasteiger partial charge is 0.383 e. The molecule has 0 radical (unpaired) electrons. The summed E-state index contributed by atoms with van der Waals surface area (Å²) in [6.45, 7) is 4.69. The summed E-state index contributed by atoms with van der Waals surface area (Å²) in [5, 5.41) is 0. The lowest BCUT2D eigenvalue weighted by Crippen LogP contribution is -2.33. The molecule has 2 aliphatic rings. The van der Waals surface area contributed by atoms with Crippen LogP contribution in [0.2, 0.25) is 0 Å². The van der Waals surface area contributed by atoms with Gasteiger partial charge in [0.1, 0.15) is 5.82 Å². The van der Waals surface area contributed by atoms with E-state index in [0.717, 1.165) is 62.0 Å². The summed E-state index contributed by atoms with van der Waals surface area (Å²) in [7, 11) is 0. The van der Waals surface area contributed by atoms with E-state index >= 15 is 0 Å². The maximum Gasteiger partial charge on any atom is 0.227 e. The molecule has 5 heterocycles. The van der Waals surface area contributed by atoms with Crippen molar-refractivity contribution in [3.8, 4) is 5.69 Å². The molecule has 1 fully saturated rings. The van der Waals surface area contributed by atoms with Gasteiger partial charge in [0.25, 0.3) is 0 Å². The summed E-state index contributed by atoms with van der Waals surface area (Å²) in [6.07, 6.45) is 9.10. The molecule has 144 valence electrons. The van der Waals surface area contributed by atoms with Crippen LogP contribution in [-0.2, 0) is 19.5 Å². The van der Waals surface area contributed by atoms with Gasteiger partial charge in [-0.15, -0.1) is 0 Å². The molecule has 28 heavy (non-hydrogen) atoms. The highest BCUT2D eigenvalue weighted by molar-refractivity contribution is 5.49. The van der Waals surface area contributed by atoms with Gasteiger partial charge < -0.3 is 15.2 Å². The number of nitrogens with zero attached hydrogens (tertiary/aromatic N) is 6. The van der Waals surface area contributed by atoms with Crippen molar-refractivity contribution >= 4 is 11.8 Å². The zero-order chi connectivity index (χ0) is 18.9. The number of pyridine rings is 1. The Hall–Kier alpha value is -2.93. The van der Waals surface area contributed by atoms with Crippen LogP contribution in [0.3, 0.4) is 0 Å². The van der Waals surface area contributed by atoms with E-state index in [9.17, 15) is 0 Å². The van der Waals surface area contributed by atoms with Gasteiger partial charge in [0, 0.05) is 56.4 Å². The third kappa shape index (κ3) is 3.22. The van der Waals surface area contributed by atoms with Crippen LogP contribution >= 0.6 is 0 Å². The van der Waals surface area contributed by atoms with Crippen LogP contribution in [0.25, 0.3) is 5.69 Å². The van der Waals surface area contributed by atoms with Crippen LogP contribution < -0.4 is 10.6 Å². The Kier molecular flexibility index (Phi) is 4.44. The summed E-state index contributed by atoms with van der Waals surface area (Å²) in [5.74, 6) is 1.46. The predicted octanol–water partition coefficient (Wildman–Crippen LogP) is 2.40. The molecule has 3 aromatic rings. The molecule has 0 saturated carbocycles. The van der Waals surface area contributed by atoms with Crippen LogP contribution in [-0.4, -0.2) is 44.1 Å². The topological polar surface area (TPSA) is 76.1 Å². The van der Waals surface area contributed by atoms with Crippen molar-refractivity contribution in [2.45, 2.75) is 32.4 Å². The number of rotatable bonds is 4. The summed E-state index contributed by atoms with van der Waals surface area (Å²) >= 11 is 0. The molecule has 2 aliphatic heterocycles. The molecular weight excluding hydrogens is 350 g/mol. The average Bonchev–Trinajstić information content (AvgIpc) is 3.41. The van der Waals surface area contributed by atoms with Crippen molar-refractivity contribution in [3.05, 3.63) is 59.8 Å². The molecule has 0 amide bonds. The van der Waals surface area contributed by atoms with Crippen LogP contribution in [0.15, 0.2) is 42.9 Å². The molecule has 2 N–H and O–H groups in total. The Morgan fingerprint density at radius 1 is 1.04 bits per heavy atom. The molecule has 7 heteroatoms. The Balaban J connectivity index is 1.37. The van der Waals surface area contributed by atoms with E-state index in [4.69, 9.17) is 10.7 Å². The molecule has 0 atom stereocenters. The lowest BCUT2D eigenvalue weighted by molar-refractivity contribution is 0.237. The number of fused-ring (bicyclic) bond motifs is 1. The van der Waals surface area contributed by atoms with E-state index in [1.54, 1.807) is 6.20 Å². The van der Waals surface area contributed by atoms with Crippen molar-refractivity contribution < 1.29 is 0 Å². The third-order valence-corrected chi connectivity index (χ3v) is 5.70. The minimum absolute atomic E-state index is 0.658. The Labute approximate surface area is 164 Å². The lowest BCUT2D eigenvalue weighted by Gasteiger charge is -2.29. The van der Waals surface area contributed by atoms with Crippen molar-refractivity contribution in [2.24, 2.45) is 0 Å². The van der Waals surface area contributed by atoms with E-state index in [1.165, 1.54) is 18.5 Å². The summed E-state index contributed by atoms with van der Waals surface area (Å²) < 4.78 is 2.20. The van der Waals surface area contributed by atoms with E-state index in [0.29, 0.717) is 5.82 Å². The van der Waals surface area contributed by atoms with Crippen LogP contribution in [0, 0.1) is 0 Å². The van der Waals surface area contributed by atoms with Gasteiger partial charge in [-0.25, -0.2) is 4.98 Å². The van der Waals surface area contributed by atoms with Crippen molar-refractivity contribution in [3.63, 3.8) is 0 Å². The fourth-order valence-electron chi connectivity index (χ4n) is 4.22. The number of aromatic nitrogens is 4. The normalized spacial score (nSPS) is 17.1. The van der Waals surface area contributed by atoms with Gasteiger partial charge in [0.2, 0.25) is 5.95 Å². The van der Waals surface area contributed by atoms with Crippen LogP contribution in [0.1, 0.15) is 29.8 Å². The maximum absolute atomic E-state index is 6.28. The third-order valence-electron chi connectivity index (χ3n) is 5.70. The van der Waals surface area contributed by atoms with Gasteiger partial charge >= 0.3 is 0 Å². The number of anilines is 2. The number of hydrogen-bond donors (Lipinski definition) is 1. The van der Waals surface area contributed by atoms with Crippen molar-refractivity contribution in [2.75, 3.05) is 30.3 Å². The number of nitrogens with two attached hydrogens (primary N) is 1. The van der Waals surface area contributed by atoms with Gasteiger partial charge in [0.15, 0.2) is 0 Å². The minimum atomic E-state index is 0.658. The van der Waals surface area contributed by atoms with Gasteiger partial charge in [-0.1, -0.05) is 0 Å². The van der Waals surface area contributed by atoms with Crippen molar-refractivity contribution in [1.82, 2.24) is 24.4 Å². The van der Waals surface area contributed by atoms with E-state index in [-0.39, 0.29) is 0 Å². The summed E-state index contributed by atoms with van der Waals surface area (Å²) in [5.41, 5.74) is 10.8. The zero-order valence-corrected chi connectivity index (χ0v) is 16.0.